The van der Waals surface area contributed by atoms with Gasteiger partial charge < -0.3 is 17.7 Å². The molecule has 0 aliphatic carbocycles. The Morgan fingerprint density at radius 1 is 0.662 bits per heavy atom. The first-order valence-electron chi connectivity index (χ1n) is 19.6. The first-order valence-corrected chi connectivity index (χ1v) is 21.4. The monoisotopic (exact) mass is 1090 g/mol. The second kappa shape index (κ2) is 27.2. The van der Waals surface area contributed by atoms with Crippen molar-refractivity contribution in [2.75, 3.05) is 10.7 Å². The first kappa shape index (κ1) is 59.6. The third kappa shape index (κ3) is 17.8. The maximum Gasteiger partial charge on any atom is 2.00 e. The summed E-state index contributed by atoms with van der Waals surface area (Å²) >= 11 is 21.3. The minimum atomic E-state index is -4.76. The Labute approximate surface area is 443 Å². The third-order valence-electron chi connectivity index (χ3n) is 9.05. The van der Waals surface area contributed by atoms with Crippen LogP contribution in [0.3, 0.4) is 0 Å². The molecule has 0 saturated heterocycles. The number of aryl methyl sites for hydroxylation is 2. The second-order valence-electron chi connectivity index (χ2n) is 14.1. The number of nitrogens with zero attached hydrogens (tertiary/aromatic N) is 11. The molecule has 4 aromatic heterocycles. The molecule has 0 saturated carbocycles. The van der Waals surface area contributed by atoms with Crippen molar-refractivity contribution in [1.29, 1.82) is 0 Å². The zero-order chi connectivity index (χ0) is 50.4. The van der Waals surface area contributed by atoms with Crippen molar-refractivity contribution in [3.63, 3.8) is 0 Å². The zero-order valence-electron chi connectivity index (χ0n) is 36.9. The van der Waals surface area contributed by atoms with Crippen LogP contribution in [0, 0.1) is 18.6 Å². The van der Waals surface area contributed by atoms with Gasteiger partial charge in [0.25, 0.3) is 11.9 Å². The quantitative estimate of drug-likeness (QED) is 0.0496. The van der Waals surface area contributed by atoms with E-state index in [1.807, 2.05) is 36.4 Å². The molecule has 0 aliphatic rings. The first-order chi connectivity index (χ1) is 32.7. The SMILES string of the molecule is ClCCl.Cn1nnc(N=C(c2cc(F)cc(C(F)(F)F)c2)c2ccc(Cl)cn2)n1.Cn1nnc(NC(Cc2ccccc2)(c2cc(F)cc(C(F)(F)F)c2)c2ccc(Cl)cn2)n1.[CH2-]c1ccccc1.[Cl-].[Mg+2]. The summed E-state index contributed by atoms with van der Waals surface area (Å²) in [5, 5.41) is 26.9. The van der Waals surface area contributed by atoms with Crippen molar-refractivity contribution in [2.45, 2.75) is 24.3 Å². The molecule has 1 N–H and O–H groups in total. The normalized spacial score (nSPS) is 11.9. The van der Waals surface area contributed by atoms with E-state index in [4.69, 9.17) is 46.4 Å². The fourth-order valence-corrected chi connectivity index (χ4v) is 6.37. The van der Waals surface area contributed by atoms with Gasteiger partial charge in [-0.05, 0) is 82.2 Å². The molecule has 0 bridgehead atoms. The largest absolute Gasteiger partial charge is 2.00 e. The summed E-state index contributed by atoms with van der Waals surface area (Å²) in [6.07, 6.45) is -6.72. The van der Waals surface area contributed by atoms with Gasteiger partial charge in [-0.2, -0.15) is 60.6 Å². The van der Waals surface area contributed by atoms with Crippen molar-refractivity contribution >= 4 is 87.1 Å². The summed E-state index contributed by atoms with van der Waals surface area (Å²) < 4.78 is 108. The van der Waals surface area contributed by atoms with Gasteiger partial charge in [0, 0.05) is 24.4 Å². The van der Waals surface area contributed by atoms with E-state index in [1.165, 1.54) is 36.4 Å². The molecule has 71 heavy (non-hydrogen) atoms. The molecule has 368 valence electrons. The Bertz CT molecular complexity index is 2910. The van der Waals surface area contributed by atoms with Gasteiger partial charge in [-0.15, -0.1) is 45.5 Å². The van der Waals surface area contributed by atoms with E-state index in [0.717, 1.165) is 40.2 Å². The zero-order valence-corrected chi connectivity index (χ0v) is 42.1. The average Bonchev–Trinajstić information content (AvgIpc) is 3.92. The molecule has 1 unspecified atom stereocenters. The number of benzene rings is 4. The van der Waals surface area contributed by atoms with Gasteiger partial charge in [0.1, 0.15) is 22.9 Å². The van der Waals surface area contributed by atoms with E-state index in [-0.39, 0.29) is 81.6 Å². The molecule has 0 amide bonds. The van der Waals surface area contributed by atoms with Crippen LogP contribution in [0.4, 0.5) is 47.0 Å². The van der Waals surface area contributed by atoms with E-state index in [0.29, 0.717) is 27.9 Å². The second-order valence-corrected chi connectivity index (χ2v) is 15.8. The van der Waals surface area contributed by atoms with Gasteiger partial charge >= 0.3 is 35.4 Å². The van der Waals surface area contributed by atoms with Gasteiger partial charge in [-0.25, -0.2) is 13.8 Å². The standard InChI is InChI=1S/C22H17ClF4N6.C15H9ClF4N6.C7H7.CH2Cl2.ClH.Mg/c1-33-31-20(30-32-33)29-21(12-14-5-3-2-4-6-14,19-8-7-17(23)13-28-19)15-9-16(22(25,26)27)11-18(24)10-15;1-26-24-14(23-25-26)22-13(12-3-2-10(16)7-21-12)8-4-9(15(18,19)20)6-11(17)5-8;1-7-5-3-2-4-6-7;2-1-3;;/h2-11,13H,12H2,1H3,(H,29,31);2-7H,1H3;2-6H,1H2;1H2;1H;/q;;-1;;;+2/p-1. The summed E-state index contributed by atoms with van der Waals surface area (Å²) in [6.45, 7) is 3.72. The molecule has 4 aromatic carbocycles. The maximum absolute atomic E-state index is 14.5. The Hall–Kier alpha value is -5.68. The van der Waals surface area contributed by atoms with Crippen LogP contribution in [0.15, 0.2) is 139 Å². The summed E-state index contributed by atoms with van der Waals surface area (Å²) in [5.41, 5.74) is -1.69. The molecule has 0 radical (unpaired) electrons. The Morgan fingerprint density at radius 3 is 1.66 bits per heavy atom. The number of rotatable bonds is 9. The molecule has 8 rings (SSSR count). The smallest absolute Gasteiger partial charge is 1.00 e. The number of pyridine rings is 2. The third-order valence-corrected chi connectivity index (χ3v) is 9.50. The van der Waals surface area contributed by atoms with E-state index in [9.17, 15) is 35.1 Å². The van der Waals surface area contributed by atoms with Crippen LogP contribution >= 0.6 is 46.4 Å². The molecule has 12 nitrogen and oxygen atoms in total. The van der Waals surface area contributed by atoms with E-state index < -0.39 is 40.7 Å². The number of alkyl halides is 8. The van der Waals surface area contributed by atoms with Crippen LogP contribution in [0.25, 0.3) is 0 Å². The van der Waals surface area contributed by atoms with Crippen molar-refractivity contribution in [3.05, 3.63) is 207 Å². The Balaban J connectivity index is 0.000000312. The Kier molecular flexibility index (Phi) is 22.9. The van der Waals surface area contributed by atoms with E-state index in [2.05, 4.69) is 58.0 Å². The van der Waals surface area contributed by atoms with Crippen LogP contribution in [0.1, 0.15) is 44.8 Å². The predicted molar refractivity (Wildman–Crippen MR) is 252 cm³/mol. The number of aromatic nitrogens is 10. The van der Waals surface area contributed by atoms with Crippen molar-refractivity contribution < 1.29 is 47.5 Å². The van der Waals surface area contributed by atoms with Crippen LogP contribution in [-0.4, -0.2) is 84.5 Å². The van der Waals surface area contributed by atoms with Crippen molar-refractivity contribution in [3.8, 4) is 0 Å². The van der Waals surface area contributed by atoms with Gasteiger partial charge in [0.2, 0.25) is 0 Å². The topological polar surface area (TPSA) is 137 Å². The summed E-state index contributed by atoms with van der Waals surface area (Å²) in [7, 11) is 3.04. The molecule has 0 aliphatic heterocycles. The molecular weight excluding hydrogens is 1060 g/mol. The fraction of sp³-hybridized carbons (Fsp3) is 0.156. The number of hydrogen-bond donors (Lipinski definition) is 1. The minimum absolute atomic E-state index is 0. The molecule has 4 heterocycles. The van der Waals surface area contributed by atoms with E-state index >= 15 is 0 Å². The summed E-state index contributed by atoms with van der Waals surface area (Å²) in [5.74, 6) is -2.19. The van der Waals surface area contributed by atoms with Crippen LogP contribution < -0.4 is 17.7 Å². The summed E-state index contributed by atoms with van der Waals surface area (Å²) in [4.78, 5) is 14.8. The van der Waals surface area contributed by atoms with Gasteiger partial charge in [0.05, 0.1) is 52.0 Å². The van der Waals surface area contributed by atoms with Gasteiger partial charge in [-0.1, -0.05) is 69.8 Å². The van der Waals surface area contributed by atoms with Crippen molar-refractivity contribution in [2.24, 2.45) is 19.1 Å². The Morgan fingerprint density at radius 2 is 1.18 bits per heavy atom. The number of aliphatic imine (C=N–C) groups is 1. The fourth-order valence-electron chi connectivity index (χ4n) is 6.15. The van der Waals surface area contributed by atoms with Gasteiger partial charge in [0.15, 0.2) is 0 Å². The van der Waals surface area contributed by atoms with Crippen LogP contribution in [-0.2, 0) is 38.4 Å². The number of tetrazole rings is 2. The molecule has 1 atom stereocenters. The molecule has 26 heteroatoms. The molecule has 0 spiro atoms. The number of hydrogen-bond acceptors (Lipinski definition) is 10. The average molecular weight is 1100 g/mol. The van der Waals surface area contributed by atoms with E-state index in [1.54, 1.807) is 43.4 Å². The molecule has 0 fully saturated rings. The molecule has 8 aromatic rings. The predicted octanol–water partition coefficient (Wildman–Crippen LogP) is 8.51. The van der Waals surface area contributed by atoms with Gasteiger partial charge in [-0.3, -0.25) is 9.97 Å². The maximum atomic E-state index is 14.5. The summed E-state index contributed by atoms with van der Waals surface area (Å²) in [6, 6.07) is 29.4. The number of halogens is 13. The minimum Gasteiger partial charge on any atom is -1.00 e. The van der Waals surface area contributed by atoms with Crippen molar-refractivity contribution in [1.82, 2.24) is 50.4 Å². The van der Waals surface area contributed by atoms with Crippen LogP contribution in [0.2, 0.25) is 10.0 Å². The number of nitrogens with one attached hydrogen (secondary N) is 1. The van der Waals surface area contributed by atoms with Crippen LogP contribution in [0.5, 0.6) is 0 Å². The molecular formula is C45H35Cl5F8MgN12. The number of anilines is 1.